The molecule has 3 rings (SSSR count). The van der Waals surface area contributed by atoms with E-state index in [9.17, 15) is 23.5 Å². The normalized spacial score (nSPS) is 22.7. The zero-order chi connectivity index (χ0) is 19.7. The van der Waals surface area contributed by atoms with Crippen molar-refractivity contribution in [2.45, 2.75) is 24.2 Å². The molecule has 0 spiro atoms. The van der Waals surface area contributed by atoms with Crippen molar-refractivity contribution in [1.82, 2.24) is 5.32 Å². The minimum atomic E-state index is -4.93. The number of nitrogens with one attached hydrogen (secondary N) is 1. The maximum atomic E-state index is 13.6. The van der Waals surface area contributed by atoms with Crippen molar-refractivity contribution < 1.29 is 23.0 Å². The third-order valence-corrected chi connectivity index (χ3v) is 4.60. The van der Waals surface area contributed by atoms with Crippen LogP contribution in [0.4, 0.5) is 13.2 Å². The molecule has 140 valence electrons. The Kier molecular flexibility index (Phi) is 4.85. The van der Waals surface area contributed by atoms with Gasteiger partial charge in [0, 0.05) is 12.3 Å². The van der Waals surface area contributed by atoms with Gasteiger partial charge in [0.25, 0.3) is 0 Å². The van der Waals surface area contributed by atoms with Gasteiger partial charge in [-0.05, 0) is 23.3 Å². The van der Waals surface area contributed by atoms with Crippen LogP contribution in [0.3, 0.4) is 0 Å². The number of alkyl halides is 3. The fourth-order valence-electron chi connectivity index (χ4n) is 3.19. The second-order valence-electron chi connectivity index (χ2n) is 6.28. The Morgan fingerprint density at radius 2 is 1.89 bits per heavy atom. The van der Waals surface area contributed by atoms with E-state index >= 15 is 0 Å². The highest BCUT2D eigenvalue weighted by atomic mass is 19.4. The van der Waals surface area contributed by atoms with Crippen LogP contribution in [-0.4, -0.2) is 24.1 Å². The molecule has 0 saturated heterocycles. The smallest absolute Gasteiger partial charge is 0.436 e. The molecule has 0 aliphatic carbocycles. The topological polar surface area (TPSA) is 65.3 Å². The first-order chi connectivity index (χ1) is 12.8. The molecule has 2 atom stereocenters. The molecule has 4 nitrogen and oxygen atoms in total. The zero-order valence-corrected chi connectivity index (χ0v) is 14.4. The quantitative estimate of drug-likeness (QED) is 0.854. The van der Waals surface area contributed by atoms with Crippen LogP contribution in [0.5, 0.6) is 5.75 Å². The highest BCUT2D eigenvalue weighted by Gasteiger charge is 2.58. The van der Waals surface area contributed by atoms with Crippen LogP contribution in [0.2, 0.25) is 0 Å². The molecule has 0 amide bonds. The summed E-state index contributed by atoms with van der Waals surface area (Å²) in [5.74, 6) is -0.492. The summed E-state index contributed by atoms with van der Waals surface area (Å²) in [6, 6.07) is 16.7. The maximum absolute atomic E-state index is 13.6. The number of hydrogen-bond acceptors (Lipinski definition) is 4. The minimum absolute atomic E-state index is 0.0306. The lowest BCUT2D eigenvalue weighted by Gasteiger charge is -2.40. The van der Waals surface area contributed by atoms with Crippen LogP contribution in [0.25, 0.3) is 5.70 Å². The van der Waals surface area contributed by atoms with E-state index in [-0.39, 0.29) is 11.3 Å². The molecule has 1 aliphatic rings. The van der Waals surface area contributed by atoms with Gasteiger partial charge in [0.05, 0.1) is 24.4 Å². The van der Waals surface area contributed by atoms with Gasteiger partial charge in [-0.3, -0.25) is 0 Å². The molecule has 2 aromatic rings. The SMILES string of the molecule is COc1cccc([C@H]2CC(O)(C(F)(F)F)NC(c3ccccc3)=C2C#N)c1. The van der Waals surface area contributed by atoms with E-state index in [2.05, 4.69) is 5.32 Å². The molecule has 1 aliphatic heterocycles. The molecular formula is C20H17F3N2O2. The molecule has 0 saturated carbocycles. The van der Waals surface area contributed by atoms with Crippen LogP contribution < -0.4 is 10.1 Å². The summed E-state index contributed by atoms with van der Waals surface area (Å²) in [6.45, 7) is 0. The Bertz CT molecular complexity index is 903. The van der Waals surface area contributed by atoms with Gasteiger partial charge in [-0.2, -0.15) is 18.4 Å². The van der Waals surface area contributed by atoms with E-state index in [1.165, 1.54) is 7.11 Å². The number of halogens is 3. The van der Waals surface area contributed by atoms with Gasteiger partial charge >= 0.3 is 6.18 Å². The van der Waals surface area contributed by atoms with Gasteiger partial charge in [0.15, 0.2) is 0 Å². The minimum Gasteiger partial charge on any atom is -0.497 e. The number of methoxy groups -OCH3 is 1. The number of nitrogens with zero attached hydrogens (tertiary/aromatic N) is 1. The van der Waals surface area contributed by atoms with E-state index in [1.807, 2.05) is 6.07 Å². The predicted molar refractivity (Wildman–Crippen MR) is 93.5 cm³/mol. The van der Waals surface area contributed by atoms with Crippen molar-refractivity contribution in [3.63, 3.8) is 0 Å². The summed E-state index contributed by atoms with van der Waals surface area (Å²) in [5.41, 5.74) is -2.21. The number of aliphatic hydroxyl groups is 1. The van der Waals surface area contributed by atoms with Crippen LogP contribution >= 0.6 is 0 Å². The third kappa shape index (κ3) is 3.49. The van der Waals surface area contributed by atoms with Crippen LogP contribution in [0.15, 0.2) is 60.2 Å². The van der Waals surface area contributed by atoms with Gasteiger partial charge in [-0.15, -0.1) is 0 Å². The number of benzene rings is 2. The summed E-state index contributed by atoms with van der Waals surface area (Å²) >= 11 is 0. The van der Waals surface area contributed by atoms with Crippen molar-refractivity contribution in [1.29, 1.82) is 5.26 Å². The van der Waals surface area contributed by atoms with Crippen molar-refractivity contribution in [2.75, 3.05) is 7.11 Å². The lowest BCUT2D eigenvalue weighted by molar-refractivity contribution is -0.272. The molecule has 2 aromatic carbocycles. The first-order valence-corrected chi connectivity index (χ1v) is 8.20. The summed E-state index contributed by atoms with van der Waals surface area (Å²) < 4.78 is 46.1. The van der Waals surface area contributed by atoms with Gasteiger partial charge in [-0.1, -0.05) is 42.5 Å². The lowest BCUT2D eigenvalue weighted by Crippen LogP contribution is -2.59. The molecule has 0 bridgehead atoms. The van der Waals surface area contributed by atoms with Crippen LogP contribution in [0, 0.1) is 11.3 Å². The summed E-state index contributed by atoms with van der Waals surface area (Å²) in [6.07, 6.45) is -5.64. The number of hydrogen-bond donors (Lipinski definition) is 2. The van der Waals surface area contributed by atoms with Gasteiger partial charge < -0.3 is 15.2 Å². The summed E-state index contributed by atoms with van der Waals surface area (Å²) in [5, 5.41) is 22.3. The average Bonchev–Trinajstić information content (AvgIpc) is 2.67. The monoisotopic (exact) mass is 374 g/mol. The molecule has 27 heavy (non-hydrogen) atoms. The van der Waals surface area contributed by atoms with Crippen molar-refractivity contribution in [3.8, 4) is 11.8 Å². The second kappa shape index (κ2) is 6.97. The molecule has 7 heteroatoms. The first kappa shape index (κ1) is 18.8. The fourth-order valence-corrected chi connectivity index (χ4v) is 3.19. The number of allylic oxidation sites excluding steroid dienone is 1. The predicted octanol–water partition coefficient (Wildman–Crippen LogP) is 3.96. The fraction of sp³-hybridized carbons (Fsp3) is 0.250. The van der Waals surface area contributed by atoms with E-state index in [4.69, 9.17) is 4.74 Å². The molecule has 1 heterocycles. The molecule has 0 aromatic heterocycles. The zero-order valence-electron chi connectivity index (χ0n) is 14.4. The molecule has 0 radical (unpaired) electrons. The van der Waals surface area contributed by atoms with E-state index < -0.39 is 24.2 Å². The standard InChI is InChI=1S/C20H17F3N2O2/c1-27-15-9-5-8-14(10-15)16-11-19(26,20(21,22)23)25-18(17(16)12-24)13-6-3-2-4-7-13/h2-10,16,25-26H,11H2,1H3/t16-,19?/m1/s1. The molecule has 0 fully saturated rings. The Morgan fingerprint density at radius 3 is 2.48 bits per heavy atom. The van der Waals surface area contributed by atoms with Crippen molar-refractivity contribution in [2.24, 2.45) is 0 Å². The van der Waals surface area contributed by atoms with Gasteiger partial charge in [0.1, 0.15) is 5.75 Å². The van der Waals surface area contributed by atoms with Gasteiger partial charge in [0.2, 0.25) is 5.72 Å². The van der Waals surface area contributed by atoms with Gasteiger partial charge in [-0.25, -0.2) is 0 Å². The number of ether oxygens (including phenoxy) is 1. The summed E-state index contributed by atoms with van der Waals surface area (Å²) in [4.78, 5) is 0. The third-order valence-electron chi connectivity index (χ3n) is 4.60. The Labute approximate surface area is 154 Å². The first-order valence-electron chi connectivity index (χ1n) is 8.20. The van der Waals surface area contributed by atoms with E-state index in [1.54, 1.807) is 54.6 Å². The molecular weight excluding hydrogens is 357 g/mol. The van der Waals surface area contributed by atoms with E-state index in [0.29, 0.717) is 16.9 Å². The molecule has 1 unspecified atom stereocenters. The van der Waals surface area contributed by atoms with Crippen LogP contribution in [0.1, 0.15) is 23.5 Å². The summed E-state index contributed by atoms with van der Waals surface area (Å²) in [7, 11) is 1.45. The Hall–Kier alpha value is -2.98. The highest BCUT2D eigenvalue weighted by molar-refractivity contribution is 5.74. The number of nitriles is 1. The Morgan fingerprint density at radius 1 is 1.19 bits per heavy atom. The van der Waals surface area contributed by atoms with E-state index in [0.717, 1.165) is 0 Å². The maximum Gasteiger partial charge on any atom is 0.436 e. The largest absolute Gasteiger partial charge is 0.497 e. The molecule has 2 N–H and O–H groups in total. The lowest BCUT2D eigenvalue weighted by atomic mass is 9.79. The average molecular weight is 374 g/mol. The highest BCUT2D eigenvalue weighted by Crippen LogP contribution is 2.46. The van der Waals surface area contributed by atoms with Crippen molar-refractivity contribution >= 4 is 5.70 Å². The van der Waals surface area contributed by atoms with Crippen molar-refractivity contribution in [3.05, 3.63) is 71.3 Å². The van der Waals surface area contributed by atoms with Crippen LogP contribution in [-0.2, 0) is 0 Å². The second-order valence-corrected chi connectivity index (χ2v) is 6.28. The number of rotatable bonds is 3. The Balaban J connectivity index is 2.21.